The number of halogens is 1. The van der Waals surface area contributed by atoms with Crippen LogP contribution in [0.5, 0.6) is 5.75 Å². The fraction of sp³-hybridized carbons (Fsp3) is 0.600. The molecule has 96 valence electrons. The van der Waals surface area contributed by atoms with E-state index in [1.54, 1.807) is 0 Å². The summed E-state index contributed by atoms with van der Waals surface area (Å²) in [6.45, 7) is 0.794. The summed E-state index contributed by atoms with van der Waals surface area (Å²) in [5.74, 6) is 4.32. The van der Waals surface area contributed by atoms with E-state index < -0.39 is 0 Å². The van der Waals surface area contributed by atoms with E-state index in [-0.39, 0.29) is 0 Å². The highest BCUT2D eigenvalue weighted by Crippen LogP contribution is 2.65. The average molecular weight is 308 g/mol. The smallest absolute Gasteiger partial charge is 0.134 e. The summed E-state index contributed by atoms with van der Waals surface area (Å²) < 4.78 is 0.790. The lowest BCUT2D eigenvalue weighted by atomic mass is 10.0. The molecule has 4 atom stereocenters. The van der Waals surface area contributed by atoms with Crippen LogP contribution in [0.1, 0.15) is 24.8 Å². The number of fused-ring (bicyclic) bond motifs is 5. The Morgan fingerprint density at radius 3 is 2.67 bits per heavy atom. The number of phenols is 1. The van der Waals surface area contributed by atoms with Gasteiger partial charge in [0.15, 0.2) is 0 Å². The molecule has 0 aromatic heterocycles. The van der Waals surface area contributed by atoms with Crippen LogP contribution >= 0.6 is 15.9 Å². The van der Waals surface area contributed by atoms with Crippen LogP contribution in [0.15, 0.2) is 22.7 Å². The molecule has 4 rings (SSSR count). The van der Waals surface area contributed by atoms with Crippen molar-refractivity contribution in [3.05, 3.63) is 28.2 Å². The highest BCUT2D eigenvalue weighted by Gasteiger charge is 2.64. The predicted octanol–water partition coefficient (Wildman–Crippen LogP) is 3.29. The third-order valence-electron chi connectivity index (χ3n) is 5.33. The Morgan fingerprint density at radius 1 is 1.22 bits per heavy atom. The molecule has 3 heteroatoms. The summed E-state index contributed by atoms with van der Waals surface area (Å²) >= 11 is 3.37. The minimum absolute atomic E-state index is 0.388. The lowest BCUT2D eigenvalue weighted by Gasteiger charge is -2.11. The summed E-state index contributed by atoms with van der Waals surface area (Å²) in [4.78, 5) is 0. The minimum atomic E-state index is 0.388. The number of aromatic hydroxyl groups is 1. The Kier molecular flexibility index (Phi) is 2.50. The zero-order chi connectivity index (χ0) is 12.3. The molecular formula is C15H18BrNO. The SMILES string of the molecule is Oc1c(Br)cccc1CNC1C2C3CCC(C3)C12. The van der Waals surface area contributed by atoms with E-state index >= 15 is 0 Å². The topological polar surface area (TPSA) is 32.3 Å². The minimum Gasteiger partial charge on any atom is -0.506 e. The summed E-state index contributed by atoms with van der Waals surface area (Å²) in [5, 5.41) is 13.6. The predicted molar refractivity (Wildman–Crippen MR) is 74.2 cm³/mol. The summed E-state index contributed by atoms with van der Waals surface area (Å²) in [6.07, 6.45) is 4.42. The molecule has 0 aliphatic heterocycles. The van der Waals surface area contributed by atoms with Crippen molar-refractivity contribution in [3.8, 4) is 5.75 Å². The fourth-order valence-electron chi connectivity index (χ4n) is 4.53. The van der Waals surface area contributed by atoms with Gasteiger partial charge < -0.3 is 10.4 Å². The largest absolute Gasteiger partial charge is 0.506 e. The monoisotopic (exact) mass is 307 g/mol. The zero-order valence-electron chi connectivity index (χ0n) is 10.3. The van der Waals surface area contributed by atoms with Gasteiger partial charge in [-0.3, -0.25) is 0 Å². The van der Waals surface area contributed by atoms with Crippen LogP contribution in [0.25, 0.3) is 0 Å². The maximum Gasteiger partial charge on any atom is 0.134 e. The van der Waals surface area contributed by atoms with Gasteiger partial charge in [-0.1, -0.05) is 12.1 Å². The quantitative estimate of drug-likeness (QED) is 0.898. The third kappa shape index (κ3) is 1.56. The van der Waals surface area contributed by atoms with Gasteiger partial charge in [0, 0.05) is 18.2 Å². The second kappa shape index (κ2) is 3.97. The van der Waals surface area contributed by atoms with Gasteiger partial charge in [0.05, 0.1) is 4.47 Å². The van der Waals surface area contributed by atoms with Crippen LogP contribution in [-0.2, 0) is 6.54 Å². The van der Waals surface area contributed by atoms with Gasteiger partial charge in [-0.2, -0.15) is 0 Å². The third-order valence-corrected chi connectivity index (χ3v) is 5.97. The number of hydrogen-bond acceptors (Lipinski definition) is 2. The van der Waals surface area contributed by atoms with Crippen LogP contribution < -0.4 is 5.32 Å². The van der Waals surface area contributed by atoms with Gasteiger partial charge >= 0.3 is 0 Å². The molecule has 0 spiro atoms. The van der Waals surface area contributed by atoms with E-state index in [1.165, 1.54) is 19.3 Å². The number of para-hydroxylation sites is 1. The molecule has 2 nitrogen and oxygen atoms in total. The Bertz CT molecular complexity index is 473. The molecule has 3 saturated carbocycles. The Balaban J connectivity index is 1.42. The molecule has 1 aromatic carbocycles. The molecule has 0 amide bonds. The average Bonchev–Trinajstić information content (AvgIpc) is 2.77. The molecular weight excluding hydrogens is 290 g/mol. The van der Waals surface area contributed by atoms with Crippen molar-refractivity contribution in [3.63, 3.8) is 0 Å². The highest BCUT2D eigenvalue weighted by atomic mass is 79.9. The van der Waals surface area contributed by atoms with Crippen molar-refractivity contribution in [2.75, 3.05) is 0 Å². The molecule has 3 aliphatic rings. The van der Waals surface area contributed by atoms with Crippen LogP contribution in [0.3, 0.4) is 0 Å². The van der Waals surface area contributed by atoms with Crippen molar-refractivity contribution >= 4 is 15.9 Å². The van der Waals surface area contributed by atoms with E-state index in [0.29, 0.717) is 5.75 Å². The first-order chi connectivity index (χ1) is 8.75. The van der Waals surface area contributed by atoms with Gasteiger partial charge in [0.1, 0.15) is 5.75 Å². The summed E-state index contributed by atoms with van der Waals surface area (Å²) in [6, 6.07) is 6.60. The van der Waals surface area contributed by atoms with E-state index in [0.717, 1.165) is 46.3 Å². The molecule has 0 radical (unpaired) electrons. The normalized spacial score (nSPS) is 39.9. The van der Waals surface area contributed by atoms with Crippen molar-refractivity contribution in [2.45, 2.75) is 31.8 Å². The number of hydrogen-bond donors (Lipinski definition) is 2. The van der Waals surface area contributed by atoms with Crippen molar-refractivity contribution in [2.24, 2.45) is 23.7 Å². The molecule has 0 saturated heterocycles. The van der Waals surface area contributed by atoms with Crippen molar-refractivity contribution in [1.29, 1.82) is 0 Å². The first kappa shape index (κ1) is 11.3. The number of nitrogens with one attached hydrogen (secondary N) is 1. The molecule has 4 unspecified atom stereocenters. The molecule has 2 bridgehead atoms. The van der Waals surface area contributed by atoms with Gasteiger partial charge in [-0.25, -0.2) is 0 Å². The van der Waals surface area contributed by atoms with Crippen LogP contribution in [0.4, 0.5) is 0 Å². The second-order valence-corrected chi connectivity index (χ2v) is 7.00. The summed E-state index contributed by atoms with van der Waals surface area (Å²) in [5.41, 5.74) is 1.00. The first-order valence-electron chi connectivity index (χ1n) is 6.95. The second-order valence-electron chi connectivity index (χ2n) is 6.14. The van der Waals surface area contributed by atoms with E-state index in [4.69, 9.17) is 0 Å². The highest BCUT2D eigenvalue weighted by molar-refractivity contribution is 9.10. The van der Waals surface area contributed by atoms with E-state index in [9.17, 15) is 5.11 Å². The number of phenolic OH excluding ortho intramolecular Hbond substituents is 1. The number of benzene rings is 1. The molecule has 0 heterocycles. The Morgan fingerprint density at radius 2 is 1.94 bits per heavy atom. The maximum absolute atomic E-state index is 9.96. The molecule has 1 aromatic rings. The number of rotatable bonds is 3. The standard InChI is InChI=1S/C15H18BrNO/c16-11-3-1-2-10(15(11)18)7-17-14-12-8-4-5-9(6-8)13(12)14/h1-3,8-9,12-14,17-18H,4-7H2. The fourth-order valence-corrected chi connectivity index (χ4v) is 4.94. The zero-order valence-corrected chi connectivity index (χ0v) is 11.9. The van der Waals surface area contributed by atoms with Gasteiger partial charge in [-0.15, -0.1) is 0 Å². The Labute approximate surface area is 116 Å². The maximum atomic E-state index is 9.96. The first-order valence-corrected chi connectivity index (χ1v) is 7.75. The van der Waals surface area contributed by atoms with Crippen molar-refractivity contribution in [1.82, 2.24) is 5.32 Å². The molecule has 3 fully saturated rings. The van der Waals surface area contributed by atoms with E-state index in [1.807, 2.05) is 18.2 Å². The molecule has 18 heavy (non-hydrogen) atoms. The molecule has 2 N–H and O–H groups in total. The van der Waals surface area contributed by atoms with Crippen LogP contribution in [-0.4, -0.2) is 11.1 Å². The van der Waals surface area contributed by atoms with Gasteiger partial charge in [0.2, 0.25) is 0 Å². The van der Waals surface area contributed by atoms with E-state index in [2.05, 4.69) is 21.2 Å². The molecule has 3 aliphatic carbocycles. The van der Waals surface area contributed by atoms with Crippen LogP contribution in [0, 0.1) is 23.7 Å². The Hall–Kier alpha value is -0.540. The van der Waals surface area contributed by atoms with Gasteiger partial charge in [-0.05, 0) is 64.9 Å². The van der Waals surface area contributed by atoms with Crippen LogP contribution in [0.2, 0.25) is 0 Å². The lowest BCUT2D eigenvalue weighted by Crippen LogP contribution is -2.22. The van der Waals surface area contributed by atoms with Crippen molar-refractivity contribution < 1.29 is 5.11 Å². The lowest BCUT2D eigenvalue weighted by molar-refractivity contribution is 0.443. The summed E-state index contributed by atoms with van der Waals surface area (Å²) in [7, 11) is 0. The van der Waals surface area contributed by atoms with Gasteiger partial charge in [0.25, 0.3) is 0 Å².